The van der Waals surface area contributed by atoms with Gasteiger partial charge in [-0.2, -0.15) is 16.4 Å². The van der Waals surface area contributed by atoms with Gasteiger partial charge in [0.15, 0.2) is 0 Å². The number of hydrogen-bond acceptors (Lipinski definition) is 5. The fourth-order valence-corrected chi connectivity index (χ4v) is 2.66. The summed E-state index contributed by atoms with van der Waals surface area (Å²) in [6.45, 7) is 2.04. The highest BCUT2D eigenvalue weighted by Gasteiger charge is 2.14. The fraction of sp³-hybridized carbons (Fsp3) is 0.133. The standard InChI is InChI=1S/C15H13N3O3S/c1-2-21-15(20)12-8-16-18-5-3-11(7-13(12)18)17-14(19)10-4-6-22-9-10/h3-9H,2H2,1H3,(H,17,19). The number of esters is 1. The van der Waals surface area contributed by atoms with Crippen LogP contribution in [-0.4, -0.2) is 28.1 Å². The number of amides is 1. The van der Waals surface area contributed by atoms with E-state index in [-0.39, 0.29) is 5.91 Å². The van der Waals surface area contributed by atoms with Crippen LogP contribution < -0.4 is 5.32 Å². The van der Waals surface area contributed by atoms with Crippen molar-refractivity contribution in [3.05, 3.63) is 52.5 Å². The van der Waals surface area contributed by atoms with Gasteiger partial charge in [-0.25, -0.2) is 9.31 Å². The highest BCUT2D eigenvalue weighted by molar-refractivity contribution is 7.08. The molecule has 0 atom stereocenters. The molecule has 6 nitrogen and oxygen atoms in total. The van der Waals surface area contributed by atoms with Gasteiger partial charge in [0.2, 0.25) is 0 Å². The molecule has 0 fully saturated rings. The van der Waals surface area contributed by atoms with Crippen molar-refractivity contribution in [3.63, 3.8) is 0 Å². The lowest BCUT2D eigenvalue weighted by atomic mass is 10.2. The summed E-state index contributed by atoms with van der Waals surface area (Å²) in [7, 11) is 0. The summed E-state index contributed by atoms with van der Waals surface area (Å²) in [5.74, 6) is -0.624. The fourth-order valence-electron chi connectivity index (χ4n) is 2.02. The van der Waals surface area contributed by atoms with Crippen molar-refractivity contribution >= 4 is 34.4 Å². The molecule has 0 aliphatic rings. The van der Waals surface area contributed by atoms with Crippen molar-refractivity contribution in [1.82, 2.24) is 9.61 Å². The number of thiophene rings is 1. The molecule has 3 aromatic heterocycles. The first-order valence-electron chi connectivity index (χ1n) is 6.67. The van der Waals surface area contributed by atoms with Crippen molar-refractivity contribution in [2.24, 2.45) is 0 Å². The molecule has 1 N–H and O–H groups in total. The second-order valence-electron chi connectivity index (χ2n) is 4.49. The maximum Gasteiger partial charge on any atom is 0.341 e. The van der Waals surface area contributed by atoms with Gasteiger partial charge in [0.25, 0.3) is 5.91 Å². The zero-order chi connectivity index (χ0) is 15.5. The first-order valence-corrected chi connectivity index (χ1v) is 7.61. The first-order chi connectivity index (χ1) is 10.7. The summed E-state index contributed by atoms with van der Waals surface area (Å²) in [5, 5.41) is 10.5. The number of aromatic nitrogens is 2. The van der Waals surface area contributed by atoms with E-state index >= 15 is 0 Å². The Kier molecular flexibility index (Phi) is 3.88. The highest BCUT2D eigenvalue weighted by atomic mass is 32.1. The van der Waals surface area contributed by atoms with E-state index in [0.29, 0.717) is 28.9 Å². The summed E-state index contributed by atoms with van der Waals surface area (Å²) in [5.41, 5.74) is 2.15. The molecule has 0 saturated carbocycles. The lowest BCUT2D eigenvalue weighted by Gasteiger charge is -2.05. The molecule has 7 heteroatoms. The molecule has 3 heterocycles. The molecule has 1 amide bonds. The maximum absolute atomic E-state index is 12.1. The summed E-state index contributed by atoms with van der Waals surface area (Å²) in [6, 6.07) is 5.17. The zero-order valence-electron chi connectivity index (χ0n) is 11.8. The lowest BCUT2D eigenvalue weighted by Crippen LogP contribution is -2.11. The monoisotopic (exact) mass is 315 g/mol. The molecule has 0 spiro atoms. The van der Waals surface area contributed by atoms with E-state index in [0.717, 1.165) is 0 Å². The van der Waals surface area contributed by atoms with E-state index < -0.39 is 5.97 Å². The minimum absolute atomic E-state index is 0.192. The van der Waals surface area contributed by atoms with Crippen LogP contribution >= 0.6 is 11.3 Å². The Labute approximate surface area is 130 Å². The third-order valence-corrected chi connectivity index (χ3v) is 3.74. The SMILES string of the molecule is CCOC(=O)c1cnn2ccc(NC(=O)c3ccsc3)cc12. The highest BCUT2D eigenvalue weighted by Crippen LogP contribution is 2.18. The summed E-state index contributed by atoms with van der Waals surface area (Å²) < 4.78 is 6.56. The van der Waals surface area contributed by atoms with Crippen LogP contribution in [0.15, 0.2) is 41.4 Å². The normalized spacial score (nSPS) is 10.6. The Morgan fingerprint density at radius 2 is 2.27 bits per heavy atom. The van der Waals surface area contributed by atoms with E-state index in [4.69, 9.17) is 4.74 Å². The van der Waals surface area contributed by atoms with Gasteiger partial charge >= 0.3 is 5.97 Å². The van der Waals surface area contributed by atoms with E-state index in [2.05, 4.69) is 10.4 Å². The Balaban J connectivity index is 1.90. The van der Waals surface area contributed by atoms with Gasteiger partial charge in [0.05, 0.1) is 23.9 Å². The predicted octanol–water partition coefficient (Wildman–Crippen LogP) is 2.82. The van der Waals surface area contributed by atoms with Gasteiger partial charge in [-0.3, -0.25) is 4.79 Å². The molecule has 112 valence electrons. The minimum Gasteiger partial charge on any atom is -0.462 e. The third-order valence-electron chi connectivity index (χ3n) is 3.06. The number of nitrogens with one attached hydrogen (secondary N) is 1. The number of carbonyl (C=O) groups is 2. The average molecular weight is 315 g/mol. The molecule has 0 aliphatic heterocycles. The second-order valence-corrected chi connectivity index (χ2v) is 5.27. The average Bonchev–Trinajstić information content (AvgIpc) is 3.17. The van der Waals surface area contributed by atoms with Crippen LogP contribution in [0, 0.1) is 0 Å². The Morgan fingerprint density at radius 3 is 3.00 bits per heavy atom. The number of pyridine rings is 1. The van der Waals surface area contributed by atoms with Crippen LogP contribution in [0.5, 0.6) is 0 Å². The molecule has 3 aromatic rings. The Hall–Kier alpha value is -2.67. The summed E-state index contributed by atoms with van der Waals surface area (Å²) in [6.07, 6.45) is 3.14. The van der Waals surface area contributed by atoms with Crippen molar-refractivity contribution in [2.45, 2.75) is 6.92 Å². The molecule has 0 aliphatic carbocycles. The molecule has 0 radical (unpaired) electrons. The number of rotatable bonds is 4. The van der Waals surface area contributed by atoms with Gasteiger partial charge in [0.1, 0.15) is 5.56 Å². The van der Waals surface area contributed by atoms with E-state index in [1.54, 1.807) is 41.2 Å². The quantitative estimate of drug-likeness (QED) is 0.751. The van der Waals surface area contributed by atoms with Gasteiger partial charge in [-0.15, -0.1) is 0 Å². The molecular formula is C15H13N3O3S. The lowest BCUT2D eigenvalue weighted by molar-refractivity contribution is 0.0528. The largest absolute Gasteiger partial charge is 0.462 e. The third kappa shape index (κ3) is 2.71. The number of ether oxygens (including phenoxy) is 1. The topological polar surface area (TPSA) is 72.7 Å². The van der Waals surface area contributed by atoms with E-state index in [9.17, 15) is 9.59 Å². The smallest absolute Gasteiger partial charge is 0.341 e. The number of anilines is 1. The van der Waals surface area contributed by atoms with E-state index in [1.165, 1.54) is 17.5 Å². The Bertz CT molecular complexity index is 824. The molecular weight excluding hydrogens is 302 g/mol. The van der Waals surface area contributed by atoms with Gasteiger partial charge < -0.3 is 10.1 Å². The molecule has 0 unspecified atom stereocenters. The van der Waals surface area contributed by atoms with Crippen LogP contribution in [0.1, 0.15) is 27.6 Å². The molecule has 3 rings (SSSR count). The van der Waals surface area contributed by atoms with Gasteiger partial charge in [0, 0.05) is 17.3 Å². The van der Waals surface area contributed by atoms with E-state index in [1.807, 2.05) is 5.38 Å². The van der Waals surface area contributed by atoms with Crippen LogP contribution in [0.4, 0.5) is 5.69 Å². The zero-order valence-corrected chi connectivity index (χ0v) is 12.6. The summed E-state index contributed by atoms with van der Waals surface area (Å²) in [4.78, 5) is 23.9. The van der Waals surface area contributed by atoms with Crippen molar-refractivity contribution in [1.29, 1.82) is 0 Å². The number of hydrogen-bond donors (Lipinski definition) is 1. The van der Waals surface area contributed by atoms with Crippen LogP contribution in [0.25, 0.3) is 5.52 Å². The number of nitrogens with zero attached hydrogens (tertiary/aromatic N) is 2. The van der Waals surface area contributed by atoms with Gasteiger partial charge in [-0.1, -0.05) is 0 Å². The molecule has 0 aromatic carbocycles. The van der Waals surface area contributed by atoms with Crippen molar-refractivity contribution < 1.29 is 14.3 Å². The molecule has 0 saturated heterocycles. The van der Waals surface area contributed by atoms with Crippen LogP contribution in [0.3, 0.4) is 0 Å². The van der Waals surface area contributed by atoms with Crippen LogP contribution in [0.2, 0.25) is 0 Å². The second kappa shape index (κ2) is 5.98. The van der Waals surface area contributed by atoms with Crippen molar-refractivity contribution in [3.8, 4) is 0 Å². The maximum atomic E-state index is 12.1. The van der Waals surface area contributed by atoms with Gasteiger partial charge in [-0.05, 0) is 30.5 Å². The number of fused-ring (bicyclic) bond motifs is 1. The minimum atomic E-state index is -0.432. The Morgan fingerprint density at radius 1 is 1.41 bits per heavy atom. The molecule has 0 bridgehead atoms. The number of carbonyl (C=O) groups excluding carboxylic acids is 2. The predicted molar refractivity (Wildman–Crippen MR) is 83.4 cm³/mol. The van der Waals surface area contributed by atoms with Crippen LogP contribution in [-0.2, 0) is 4.74 Å². The summed E-state index contributed by atoms with van der Waals surface area (Å²) >= 11 is 1.46. The van der Waals surface area contributed by atoms with Crippen molar-refractivity contribution in [2.75, 3.05) is 11.9 Å². The molecule has 22 heavy (non-hydrogen) atoms. The first kappa shape index (κ1) is 14.3.